The fraction of sp³-hybridized carbons (Fsp3) is 0.560. The standard InChI is InChI=1S/C25H33N5O4/c1-14(2)16-10-21(24(32)28-17(12-26)9-15-7-8-27-23(15)31)30(13-16)25(33)20-11-18-19(29-20)5-4-6-22(18)34-3/h4-6,11,14-17,21,25,29,33H,7-10,13H2,1-3H3,(H,27,31)(H,28,32). The number of ether oxygens (including phenoxy) is 1. The summed E-state index contributed by atoms with van der Waals surface area (Å²) in [5, 5.41) is 27.4. The van der Waals surface area contributed by atoms with Gasteiger partial charge in [-0.15, -0.1) is 0 Å². The molecule has 2 amide bonds. The summed E-state index contributed by atoms with van der Waals surface area (Å²) in [7, 11) is 1.60. The first-order valence-electron chi connectivity index (χ1n) is 11.9. The minimum atomic E-state index is -1.02. The number of nitriles is 1. The molecule has 0 radical (unpaired) electrons. The Kier molecular flexibility index (Phi) is 7.10. The molecule has 2 saturated heterocycles. The molecule has 34 heavy (non-hydrogen) atoms. The second-order valence-corrected chi connectivity index (χ2v) is 9.67. The molecule has 182 valence electrons. The number of benzene rings is 1. The highest BCUT2D eigenvalue weighted by Gasteiger charge is 2.42. The maximum Gasteiger partial charge on any atom is 0.238 e. The van der Waals surface area contributed by atoms with Gasteiger partial charge in [0.05, 0.1) is 24.9 Å². The largest absolute Gasteiger partial charge is 0.496 e. The van der Waals surface area contributed by atoms with Crippen molar-refractivity contribution in [3.05, 3.63) is 30.0 Å². The summed E-state index contributed by atoms with van der Waals surface area (Å²) in [4.78, 5) is 30.3. The number of nitrogens with zero attached hydrogens (tertiary/aromatic N) is 2. The van der Waals surface area contributed by atoms with E-state index in [0.29, 0.717) is 49.7 Å². The van der Waals surface area contributed by atoms with Gasteiger partial charge in [-0.05, 0) is 49.3 Å². The molecule has 0 aliphatic carbocycles. The maximum absolute atomic E-state index is 13.3. The number of aliphatic hydroxyl groups is 1. The van der Waals surface area contributed by atoms with E-state index in [-0.39, 0.29) is 23.7 Å². The van der Waals surface area contributed by atoms with Gasteiger partial charge in [0.1, 0.15) is 18.0 Å². The van der Waals surface area contributed by atoms with Gasteiger partial charge < -0.3 is 25.5 Å². The van der Waals surface area contributed by atoms with Crippen LogP contribution in [0.4, 0.5) is 0 Å². The van der Waals surface area contributed by atoms with Crippen LogP contribution in [0.25, 0.3) is 10.9 Å². The molecule has 2 aromatic rings. The average molecular weight is 468 g/mol. The first-order chi connectivity index (χ1) is 16.3. The lowest BCUT2D eigenvalue weighted by Crippen LogP contribution is -2.48. The number of rotatable bonds is 8. The quantitative estimate of drug-likeness (QED) is 0.470. The molecule has 9 nitrogen and oxygen atoms in total. The summed E-state index contributed by atoms with van der Waals surface area (Å²) in [5.74, 6) is 0.646. The van der Waals surface area contributed by atoms with Crippen molar-refractivity contribution in [1.82, 2.24) is 20.5 Å². The van der Waals surface area contributed by atoms with Crippen LogP contribution in [0, 0.1) is 29.1 Å². The number of aromatic nitrogens is 1. The molecule has 2 aliphatic rings. The lowest BCUT2D eigenvalue weighted by atomic mass is 9.93. The van der Waals surface area contributed by atoms with E-state index in [1.165, 1.54) is 0 Å². The van der Waals surface area contributed by atoms with Crippen molar-refractivity contribution in [2.75, 3.05) is 20.2 Å². The van der Waals surface area contributed by atoms with E-state index in [4.69, 9.17) is 4.74 Å². The number of fused-ring (bicyclic) bond motifs is 1. The monoisotopic (exact) mass is 467 g/mol. The lowest BCUT2D eigenvalue weighted by Gasteiger charge is -2.29. The number of hydrogen-bond donors (Lipinski definition) is 4. The molecule has 5 unspecified atom stereocenters. The van der Waals surface area contributed by atoms with Crippen LogP contribution < -0.4 is 15.4 Å². The third-order valence-corrected chi connectivity index (χ3v) is 7.23. The fourth-order valence-corrected chi connectivity index (χ4v) is 5.12. The number of carbonyl (C=O) groups excluding carboxylic acids is 2. The Morgan fingerprint density at radius 3 is 2.85 bits per heavy atom. The van der Waals surface area contributed by atoms with Crippen molar-refractivity contribution in [3.8, 4) is 11.8 Å². The van der Waals surface area contributed by atoms with E-state index in [1.54, 1.807) is 12.0 Å². The zero-order chi connectivity index (χ0) is 24.4. The van der Waals surface area contributed by atoms with Crippen LogP contribution in [-0.2, 0) is 9.59 Å². The lowest BCUT2D eigenvalue weighted by molar-refractivity contribution is -0.130. The topological polar surface area (TPSA) is 130 Å². The average Bonchev–Trinajstić information content (AvgIpc) is 3.56. The van der Waals surface area contributed by atoms with Crippen LogP contribution in [0.1, 0.15) is 45.0 Å². The summed E-state index contributed by atoms with van der Waals surface area (Å²) in [6, 6.07) is 8.30. The molecule has 1 aromatic carbocycles. The number of amides is 2. The van der Waals surface area contributed by atoms with Gasteiger partial charge in [-0.3, -0.25) is 14.5 Å². The maximum atomic E-state index is 13.3. The molecule has 0 saturated carbocycles. The highest BCUT2D eigenvalue weighted by Crippen LogP contribution is 2.36. The summed E-state index contributed by atoms with van der Waals surface area (Å²) >= 11 is 0. The molecule has 2 aliphatic heterocycles. The van der Waals surface area contributed by atoms with E-state index < -0.39 is 18.3 Å². The first-order valence-corrected chi connectivity index (χ1v) is 11.9. The molecule has 4 N–H and O–H groups in total. The minimum Gasteiger partial charge on any atom is -0.496 e. The van der Waals surface area contributed by atoms with Crippen LogP contribution in [0.15, 0.2) is 24.3 Å². The van der Waals surface area contributed by atoms with Gasteiger partial charge in [0, 0.05) is 29.9 Å². The number of H-pyrrole nitrogens is 1. The number of aliphatic hydroxyl groups excluding tert-OH is 1. The van der Waals surface area contributed by atoms with Gasteiger partial charge in [0.25, 0.3) is 0 Å². The number of aromatic amines is 1. The Morgan fingerprint density at radius 2 is 2.21 bits per heavy atom. The molecular formula is C25H33N5O4. The van der Waals surface area contributed by atoms with Crippen LogP contribution in [-0.4, -0.2) is 59.1 Å². The zero-order valence-corrected chi connectivity index (χ0v) is 19.9. The van der Waals surface area contributed by atoms with Gasteiger partial charge in [-0.1, -0.05) is 19.9 Å². The van der Waals surface area contributed by atoms with Gasteiger partial charge >= 0.3 is 0 Å². The van der Waals surface area contributed by atoms with Gasteiger partial charge in [-0.25, -0.2) is 0 Å². The Balaban J connectivity index is 1.53. The van der Waals surface area contributed by atoms with E-state index in [2.05, 4.69) is 35.5 Å². The van der Waals surface area contributed by atoms with E-state index in [1.807, 2.05) is 24.3 Å². The third kappa shape index (κ3) is 4.74. The van der Waals surface area contributed by atoms with Crippen molar-refractivity contribution in [2.24, 2.45) is 17.8 Å². The number of likely N-dealkylation sites (tertiary alicyclic amines) is 1. The van der Waals surface area contributed by atoms with E-state index >= 15 is 0 Å². The molecular weight excluding hydrogens is 434 g/mol. The van der Waals surface area contributed by atoms with Crippen molar-refractivity contribution >= 4 is 22.7 Å². The second-order valence-electron chi connectivity index (χ2n) is 9.67. The van der Waals surface area contributed by atoms with Crippen molar-refractivity contribution in [1.29, 1.82) is 5.26 Å². The number of methoxy groups -OCH3 is 1. The Morgan fingerprint density at radius 1 is 1.41 bits per heavy atom. The number of carbonyl (C=O) groups is 2. The summed E-state index contributed by atoms with van der Waals surface area (Å²) in [6.45, 7) is 5.38. The smallest absolute Gasteiger partial charge is 0.238 e. The Bertz CT molecular complexity index is 1090. The van der Waals surface area contributed by atoms with Crippen LogP contribution >= 0.6 is 0 Å². The first kappa shape index (κ1) is 24.0. The van der Waals surface area contributed by atoms with Crippen LogP contribution in [0.3, 0.4) is 0 Å². The second kappa shape index (κ2) is 10.0. The molecule has 1 aromatic heterocycles. The van der Waals surface area contributed by atoms with Gasteiger partial charge in [0.15, 0.2) is 0 Å². The third-order valence-electron chi connectivity index (χ3n) is 7.23. The normalized spacial score (nSPS) is 24.7. The Hall–Kier alpha value is -3.09. The van der Waals surface area contributed by atoms with Crippen molar-refractivity contribution in [2.45, 2.75) is 51.4 Å². The van der Waals surface area contributed by atoms with Crippen LogP contribution in [0.2, 0.25) is 0 Å². The number of nitrogens with one attached hydrogen (secondary N) is 3. The molecule has 5 atom stereocenters. The minimum absolute atomic E-state index is 0.0680. The summed E-state index contributed by atoms with van der Waals surface area (Å²) in [5.41, 5.74) is 1.43. The molecule has 3 heterocycles. The Labute approximate surface area is 199 Å². The molecule has 2 fully saturated rings. The van der Waals surface area contributed by atoms with Crippen LogP contribution in [0.5, 0.6) is 5.75 Å². The fourth-order valence-electron chi connectivity index (χ4n) is 5.12. The SMILES string of the molecule is COc1cccc2[nH]c(C(O)N3CC(C(C)C)CC3C(=O)NC(C#N)CC3CCNC3=O)cc12. The molecule has 9 heteroatoms. The van der Waals surface area contributed by atoms with Gasteiger partial charge in [0.2, 0.25) is 11.8 Å². The van der Waals surface area contributed by atoms with E-state index in [9.17, 15) is 20.0 Å². The van der Waals surface area contributed by atoms with Crippen molar-refractivity contribution in [3.63, 3.8) is 0 Å². The highest BCUT2D eigenvalue weighted by molar-refractivity contribution is 5.87. The van der Waals surface area contributed by atoms with Crippen molar-refractivity contribution < 1.29 is 19.4 Å². The predicted octanol–water partition coefficient (Wildman–Crippen LogP) is 2.05. The molecule has 4 rings (SSSR count). The number of hydrogen-bond acceptors (Lipinski definition) is 6. The molecule has 0 spiro atoms. The van der Waals surface area contributed by atoms with E-state index in [0.717, 1.165) is 10.9 Å². The summed E-state index contributed by atoms with van der Waals surface area (Å²) in [6.07, 6.45) is 0.531. The molecule has 0 bridgehead atoms. The predicted molar refractivity (Wildman–Crippen MR) is 127 cm³/mol. The zero-order valence-electron chi connectivity index (χ0n) is 19.9. The highest BCUT2D eigenvalue weighted by atomic mass is 16.5. The van der Waals surface area contributed by atoms with Gasteiger partial charge in [-0.2, -0.15) is 5.26 Å². The summed E-state index contributed by atoms with van der Waals surface area (Å²) < 4.78 is 5.43.